The van der Waals surface area contributed by atoms with Gasteiger partial charge in [0.15, 0.2) is 0 Å². The van der Waals surface area contributed by atoms with Crippen molar-refractivity contribution in [3.05, 3.63) is 54.1 Å². The predicted molar refractivity (Wildman–Crippen MR) is 111 cm³/mol. The molecule has 0 saturated carbocycles. The van der Waals surface area contributed by atoms with Crippen LogP contribution in [0, 0.1) is 0 Å². The van der Waals surface area contributed by atoms with Gasteiger partial charge < -0.3 is 14.5 Å². The third-order valence-electron chi connectivity index (χ3n) is 4.45. The van der Waals surface area contributed by atoms with Crippen molar-refractivity contribution >= 4 is 23.4 Å². The number of methoxy groups -OCH3 is 1. The van der Waals surface area contributed by atoms with Crippen LogP contribution < -0.4 is 10.1 Å². The van der Waals surface area contributed by atoms with E-state index in [0.29, 0.717) is 22.8 Å². The van der Waals surface area contributed by atoms with Gasteiger partial charge in [-0.15, -0.1) is 10.2 Å². The van der Waals surface area contributed by atoms with E-state index in [1.807, 2.05) is 36.4 Å². The highest BCUT2D eigenvalue weighted by atomic mass is 32.2. The molecule has 0 aliphatic rings. The molecule has 0 aliphatic carbocycles. The minimum Gasteiger partial charge on any atom is -0.496 e. The van der Waals surface area contributed by atoms with Crippen molar-refractivity contribution < 1.29 is 13.9 Å². The fourth-order valence-electron chi connectivity index (χ4n) is 2.65. The number of anilines is 1. The molecule has 1 atom stereocenters. The second kappa shape index (κ2) is 9.41. The fraction of sp³-hybridized carbons (Fsp3) is 0.286. The van der Waals surface area contributed by atoms with E-state index in [4.69, 9.17) is 9.15 Å². The average Bonchev–Trinajstić information content (AvgIpc) is 3.21. The molecular weight excluding hydrogens is 374 g/mol. The van der Waals surface area contributed by atoms with Gasteiger partial charge in [-0.05, 0) is 42.2 Å². The summed E-state index contributed by atoms with van der Waals surface area (Å²) in [5.74, 6) is 1.58. The second-order valence-electron chi connectivity index (χ2n) is 6.34. The summed E-state index contributed by atoms with van der Waals surface area (Å²) in [6, 6.07) is 15.4. The van der Waals surface area contributed by atoms with Crippen LogP contribution in [-0.2, 0) is 4.79 Å². The highest BCUT2D eigenvalue weighted by Gasteiger charge is 2.14. The molecule has 1 amide bonds. The first-order valence-corrected chi connectivity index (χ1v) is 10.1. The Morgan fingerprint density at radius 3 is 2.64 bits per heavy atom. The van der Waals surface area contributed by atoms with Crippen LogP contribution in [0.15, 0.2) is 58.2 Å². The third kappa shape index (κ3) is 4.92. The molecule has 1 heterocycles. The van der Waals surface area contributed by atoms with Crippen molar-refractivity contribution in [3.8, 4) is 17.2 Å². The van der Waals surface area contributed by atoms with E-state index < -0.39 is 0 Å². The van der Waals surface area contributed by atoms with Gasteiger partial charge in [0, 0.05) is 5.69 Å². The van der Waals surface area contributed by atoms with Crippen LogP contribution in [0.1, 0.15) is 31.7 Å². The van der Waals surface area contributed by atoms with E-state index >= 15 is 0 Å². The number of hydrogen-bond donors (Lipinski definition) is 1. The lowest BCUT2D eigenvalue weighted by Gasteiger charge is -2.10. The number of amides is 1. The fourth-order valence-corrected chi connectivity index (χ4v) is 3.22. The Morgan fingerprint density at radius 2 is 1.93 bits per heavy atom. The van der Waals surface area contributed by atoms with Crippen LogP contribution in [-0.4, -0.2) is 29.0 Å². The molecule has 28 heavy (non-hydrogen) atoms. The zero-order chi connectivity index (χ0) is 19.9. The number of rotatable bonds is 8. The first kappa shape index (κ1) is 19.9. The van der Waals surface area contributed by atoms with Gasteiger partial charge in [-0.1, -0.05) is 49.9 Å². The first-order chi connectivity index (χ1) is 13.6. The van der Waals surface area contributed by atoms with E-state index in [1.54, 1.807) is 7.11 Å². The quantitative estimate of drug-likeness (QED) is 0.540. The van der Waals surface area contributed by atoms with Crippen LogP contribution in [0.2, 0.25) is 0 Å². The Bertz CT molecular complexity index is 925. The number of para-hydroxylation sites is 1. The van der Waals surface area contributed by atoms with Gasteiger partial charge in [-0.2, -0.15) is 0 Å². The molecule has 7 heteroatoms. The summed E-state index contributed by atoms with van der Waals surface area (Å²) in [5.41, 5.74) is 2.76. The Kier molecular flexibility index (Phi) is 6.71. The molecule has 0 radical (unpaired) electrons. The normalized spacial score (nSPS) is 11.8. The number of hydrogen-bond acceptors (Lipinski definition) is 6. The molecule has 1 N–H and O–H groups in total. The molecule has 3 rings (SSSR count). The number of thioether (sulfide) groups is 1. The lowest BCUT2D eigenvalue weighted by Crippen LogP contribution is -2.14. The highest BCUT2D eigenvalue weighted by molar-refractivity contribution is 7.99. The molecule has 146 valence electrons. The summed E-state index contributed by atoms with van der Waals surface area (Å²) in [6.07, 6.45) is 1.09. The first-order valence-electron chi connectivity index (χ1n) is 9.10. The smallest absolute Gasteiger partial charge is 0.277 e. The van der Waals surface area contributed by atoms with Crippen molar-refractivity contribution in [2.75, 3.05) is 18.2 Å². The largest absolute Gasteiger partial charge is 0.496 e. The van der Waals surface area contributed by atoms with Crippen LogP contribution in [0.3, 0.4) is 0 Å². The van der Waals surface area contributed by atoms with Crippen LogP contribution in [0.4, 0.5) is 5.69 Å². The lowest BCUT2D eigenvalue weighted by molar-refractivity contribution is -0.113. The van der Waals surface area contributed by atoms with Crippen molar-refractivity contribution in [1.29, 1.82) is 0 Å². The summed E-state index contributed by atoms with van der Waals surface area (Å²) in [7, 11) is 1.59. The summed E-state index contributed by atoms with van der Waals surface area (Å²) in [6.45, 7) is 4.35. The molecule has 1 aromatic heterocycles. The van der Waals surface area contributed by atoms with Gasteiger partial charge in [0.2, 0.25) is 5.91 Å². The Labute approximate surface area is 168 Å². The van der Waals surface area contributed by atoms with Gasteiger partial charge >= 0.3 is 0 Å². The Hall–Kier alpha value is -2.80. The molecule has 0 aliphatic heterocycles. The van der Waals surface area contributed by atoms with E-state index in [1.165, 1.54) is 17.3 Å². The summed E-state index contributed by atoms with van der Waals surface area (Å²) < 4.78 is 11.0. The number of aromatic nitrogens is 2. The molecule has 0 spiro atoms. The second-order valence-corrected chi connectivity index (χ2v) is 7.27. The van der Waals surface area contributed by atoms with Crippen LogP contribution in [0.5, 0.6) is 5.75 Å². The highest BCUT2D eigenvalue weighted by Crippen LogP contribution is 2.30. The molecule has 2 aromatic carbocycles. The zero-order valence-corrected chi connectivity index (χ0v) is 17.0. The Balaban J connectivity index is 1.56. The maximum atomic E-state index is 12.2. The monoisotopic (exact) mass is 397 g/mol. The van der Waals surface area contributed by atoms with E-state index in [9.17, 15) is 4.79 Å². The number of ether oxygens (including phenoxy) is 1. The molecule has 0 bridgehead atoms. The molecule has 0 fully saturated rings. The number of carbonyl (C=O) groups excluding carboxylic acids is 1. The van der Waals surface area contributed by atoms with Crippen LogP contribution in [0.25, 0.3) is 11.5 Å². The molecule has 6 nitrogen and oxygen atoms in total. The standard InChI is InChI=1S/C21H23N3O3S/c1-4-14(2)15-9-11-16(12-10-15)22-19(25)13-28-21-24-23-20(27-21)17-7-5-6-8-18(17)26-3/h5-12,14H,4,13H2,1-3H3,(H,22,25). The van der Waals surface area contributed by atoms with Crippen molar-refractivity contribution in [2.45, 2.75) is 31.4 Å². The number of benzene rings is 2. The van der Waals surface area contributed by atoms with Gasteiger partial charge in [0.1, 0.15) is 5.75 Å². The molecule has 3 aromatic rings. The topological polar surface area (TPSA) is 77.2 Å². The summed E-state index contributed by atoms with van der Waals surface area (Å²) >= 11 is 1.20. The van der Waals surface area contributed by atoms with Gasteiger partial charge in [0.05, 0.1) is 18.4 Å². The molecule has 0 saturated heterocycles. The van der Waals surface area contributed by atoms with Crippen molar-refractivity contribution in [1.82, 2.24) is 10.2 Å². The number of nitrogens with one attached hydrogen (secondary N) is 1. The number of nitrogens with zero attached hydrogens (tertiary/aromatic N) is 2. The van der Waals surface area contributed by atoms with Gasteiger partial charge in [0.25, 0.3) is 11.1 Å². The molecular formula is C21H23N3O3S. The van der Waals surface area contributed by atoms with Crippen molar-refractivity contribution in [3.63, 3.8) is 0 Å². The van der Waals surface area contributed by atoms with E-state index in [2.05, 4.69) is 41.5 Å². The predicted octanol–water partition coefficient (Wildman–Crippen LogP) is 4.99. The lowest BCUT2D eigenvalue weighted by atomic mass is 9.99. The maximum absolute atomic E-state index is 12.2. The minimum absolute atomic E-state index is 0.127. The average molecular weight is 398 g/mol. The van der Waals surface area contributed by atoms with Crippen LogP contribution >= 0.6 is 11.8 Å². The zero-order valence-electron chi connectivity index (χ0n) is 16.1. The van der Waals surface area contributed by atoms with Crippen molar-refractivity contribution in [2.24, 2.45) is 0 Å². The van der Waals surface area contributed by atoms with E-state index in [0.717, 1.165) is 17.7 Å². The van der Waals surface area contributed by atoms with Gasteiger partial charge in [-0.3, -0.25) is 4.79 Å². The summed E-state index contributed by atoms with van der Waals surface area (Å²) in [4.78, 5) is 12.2. The third-order valence-corrected chi connectivity index (χ3v) is 5.26. The number of carbonyl (C=O) groups is 1. The van der Waals surface area contributed by atoms with Gasteiger partial charge in [-0.25, -0.2) is 0 Å². The minimum atomic E-state index is -0.127. The maximum Gasteiger partial charge on any atom is 0.277 e. The Morgan fingerprint density at radius 1 is 1.18 bits per heavy atom. The summed E-state index contributed by atoms with van der Waals surface area (Å²) in [5, 5.41) is 11.3. The van der Waals surface area contributed by atoms with E-state index in [-0.39, 0.29) is 11.7 Å². The SMILES string of the molecule is CCC(C)c1ccc(NC(=O)CSc2nnc(-c3ccccc3OC)o2)cc1. The molecule has 1 unspecified atom stereocenters.